The second-order valence-electron chi connectivity index (χ2n) is 5.91. The summed E-state index contributed by atoms with van der Waals surface area (Å²) in [6.45, 7) is 0. The fourth-order valence-electron chi connectivity index (χ4n) is 2.77. The number of rotatable bonds is 8. The maximum absolute atomic E-state index is 12.6. The Labute approximate surface area is 157 Å². The monoisotopic (exact) mass is 370 g/mol. The average Bonchev–Trinajstić information content (AvgIpc) is 3.10. The van der Waals surface area contributed by atoms with Gasteiger partial charge < -0.3 is 10.1 Å². The molecule has 2 heterocycles. The van der Waals surface area contributed by atoms with E-state index in [4.69, 9.17) is 4.74 Å². The van der Waals surface area contributed by atoms with E-state index in [0.29, 0.717) is 6.42 Å². The molecule has 2 aromatic heterocycles. The van der Waals surface area contributed by atoms with Crippen molar-refractivity contribution in [3.63, 3.8) is 0 Å². The summed E-state index contributed by atoms with van der Waals surface area (Å²) in [6.07, 6.45) is 5.09. The number of pyridine rings is 1. The SMILES string of the molecule is COc1ccc(CC(=O)N[C@H](CCSC)c2nnc3ccccn23)cc1. The van der Waals surface area contributed by atoms with Gasteiger partial charge in [0.05, 0.1) is 19.6 Å². The van der Waals surface area contributed by atoms with Gasteiger partial charge in [0.2, 0.25) is 5.91 Å². The van der Waals surface area contributed by atoms with Crippen molar-refractivity contribution in [2.45, 2.75) is 18.9 Å². The van der Waals surface area contributed by atoms with Crippen LogP contribution < -0.4 is 10.1 Å². The van der Waals surface area contributed by atoms with Gasteiger partial charge in [0.25, 0.3) is 0 Å². The molecule has 26 heavy (non-hydrogen) atoms. The van der Waals surface area contributed by atoms with E-state index in [0.717, 1.165) is 35.0 Å². The maximum atomic E-state index is 12.6. The van der Waals surface area contributed by atoms with Gasteiger partial charge in [0.1, 0.15) is 5.75 Å². The van der Waals surface area contributed by atoms with Crippen molar-refractivity contribution < 1.29 is 9.53 Å². The highest BCUT2D eigenvalue weighted by atomic mass is 32.2. The number of thioether (sulfide) groups is 1. The molecule has 7 heteroatoms. The zero-order valence-corrected chi connectivity index (χ0v) is 15.7. The van der Waals surface area contributed by atoms with E-state index >= 15 is 0 Å². The predicted octanol–water partition coefficient (Wildman–Crippen LogP) is 2.89. The first-order valence-corrected chi connectivity index (χ1v) is 9.81. The highest BCUT2D eigenvalue weighted by Gasteiger charge is 2.20. The molecule has 0 aliphatic rings. The molecule has 0 unspecified atom stereocenters. The molecule has 0 aliphatic heterocycles. The lowest BCUT2D eigenvalue weighted by Crippen LogP contribution is -2.31. The zero-order chi connectivity index (χ0) is 18.4. The molecule has 0 radical (unpaired) electrons. The zero-order valence-electron chi connectivity index (χ0n) is 14.9. The Kier molecular flexibility index (Phi) is 6.12. The fraction of sp³-hybridized carbons (Fsp3) is 0.316. The van der Waals surface area contributed by atoms with Crippen LogP contribution in [0.1, 0.15) is 23.9 Å². The molecular formula is C19H22N4O2S. The van der Waals surface area contributed by atoms with Gasteiger partial charge in [-0.3, -0.25) is 9.20 Å². The lowest BCUT2D eigenvalue weighted by molar-refractivity contribution is -0.121. The number of carbonyl (C=O) groups excluding carboxylic acids is 1. The molecule has 0 spiro atoms. The van der Waals surface area contributed by atoms with E-state index in [1.54, 1.807) is 18.9 Å². The molecule has 1 atom stereocenters. The van der Waals surface area contributed by atoms with Crippen LogP contribution in [0.4, 0.5) is 0 Å². The predicted molar refractivity (Wildman–Crippen MR) is 104 cm³/mol. The summed E-state index contributed by atoms with van der Waals surface area (Å²) >= 11 is 1.75. The molecule has 136 valence electrons. The van der Waals surface area contributed by atoms with E-state index < -0.39 is 0 Å². The number of methoxy groups -OCH3 is 1. The third-order valence-corrected chi connectivity index (χ3v) is 4.77. The van der Waals surface area contributed by atoms with E-state index in [-0.39, 0.29) is 11.9 Å². The third-order valence-electron chi connectivity index (χ3n) is 4.12. The maximum Gasteiger partial charge on any atom is 0.225 e. The minimum atomic E-state index is -0.175. The summed E-state index contributed by atoms with van der Waals surface area (Å²) in [4.78, 5) is 12.6. The lowest BCUT2D eigenvalue weighted by Gasteiger charge is -2.17. The van der Waals surface area contributed by atoms with Crippen LogP contribution in [-0.4, -0.2) is 39.6 Å². The smallest absolute Gasteiger partial charge is 0.225 e. The Morgan fingerprint density at radius 1 is 1.23 bits per heavy atom. The first kappa shape index (κ1) is 18.3. The van der Waals surface area contributed by atoms with Crippen LogP contribution in [0.5, 0.6) is 5.75 Å². The van der Waals surface area contributed by atoms with Crippen LogP contribution in [0, 0.1) is 0 Å². The summed E-state index contributed by atoms with van der Waals surface area (Å²) in [7, 11) is 1.63. The molecule has 1 N–H and O–H groups in total. The van der Waals surface area contributed by atoms with Crippen molar-refractivity contribution in [1.29, 1.82) is 0 Å². The second-order valence-corrected chi connectivity index (χ2v) is 6.90. The molecule has 6 nitrogen and oxygen atoms in total. The van der Waals surface area contributed by atoms with Crippen molar-refractivity contribution >= 4 is 23.3 Å². The number of hydrogen-bond donors (Lipinski definition) is 1. The van der Waals surface area contributed by atoms with Gasteiger partial charge >= 0.3 is 0 Å². The number of ether oxygens (including phenoxy) is 1. The largest absolute Gasteiger partial charge is 0.497 e. The molecule has 0 fully saturated rings. The first-order chi connectivity index (χ1) is 12.7. The molecule has 0 saturated heterocycles. The second kappa shape index (κ2) is 8.71. The summed E-state index contributed by atoms with van der Waals surface area (Å²) in [5.74, 6) is 2.43. The van der Waals surface area contributed by atoms with Crippen molar-refractivity contribution in [2.75, 3.05) is 19.1 Å². The minimum Gasteiger partial charge on any atom is -0.497 e. The molecule has 3 rings (SSSR count). The molecule has 1 amide bonds. The van der Waals surface area contributed by atoms with Crippen molar-refractivity contribution in [2.24, 2.45) is 0 Å². The Morgan fingerprint density at radius 2 is 2.04 bits per heavy atom. The Hall–Kier alpha value is -2.54. The number of nitrogens with one attached hydrogen (secondary N) is 1. The van der Waals surface area contributed by atoms with Gasteiger partial charge in [-0.25, -0.2) is 0 Å². The summed E-state index contributed by atoms with van der Waals surface area (Å²) < 4.78 is 7.08. The van der Waals surface area contributed by atoms with E-state index in [1.165, 1.54) is 0 Å². The standard InChI is InChI=1S/C19H22N4O2S/c1-25-15-8-6-14(7-9-15)13-18(24)20-16(10-12-26-2)19-22-21-17-5-3-4-11-23(17)19/h3-9,11,16H,10,12-13H2,1-2H3,(H,20,24)/t16-/m1/s1. The topological polar surface area (TPSA) is 68.5 Å². The summed E-state index contributed by atoms with van der Waals surface area (Å²) in [5, 5.41) is 11.6. The van der Waals surface area contributed by atoms with E-state index in [9.17, 15) is 4.79 Å². The van der Waals surface area contributed by atoms with Crippen LogP contribution in [0.25, 0.3) is 5.65 Å². The third kappa shape index (κ3) is 4.35. The van der Waals surface area contributed by atoms with Gasteiger partial charge in [-0.15, -0.1) is 10.2 Å². The number of hydrogen-bond acceptors (Lipinski definition) is 5. The normalized spacial score (nSPS) is 12.1. The Balaban J connectivity index is 1.74. The van der Waals surface area contributed by atoms with Gasteiger partial charge in [-0.05, 0) is 48.3 Å². The molecule has 3 aromatic rings. The molecule has 0 saturated carbocycles. The number of carbonyl (C=O) groups is 1. The van der Waals surface area contributed by atoms with E-state index in [1.807, 2.05) is 53.1 Å². The van der Waals surface area contributed by atoms with Crippen LogP contribution in [0.3, 0.4) is 0 Å². The summed E-state index contributed by atoms with van der Waals surface area (Å²) in [6, 6.07) is 13.1. The molecule has 0 aliphatic carbocycles. The quantitative estimate of drug-likeness (QED) is 0.660. The Morgan fingerprint density at radius 3 is 2.77 bits per heavy atom. The highest BCUT2D eigenvalue weighted by molar-refractivity contribution is 7.98. The minimum absolute atomic E-state index is 0.0334. The van der Waals surface area contributed by atoms with Crippen molar-refractivity contribution in [1.82, 2.24) is 19.9 Å². The molecule has 0 bridgehead atoms. The first-order valence-electron chi connectivity index (χ1n) is 8.42. The van der Waals surface area contributed by atoms with Gasteiger partial charge in [0, 0.05) is 6.20 Å². The lowest BCUT2D eigenvalue weighted by atomic mass is 10.1. The fourth-order valence-corrected chi connectivity index (χ4v) is 3.24. The van der Waals surface area contributed by atoms with Crippen LogP contribution in [0.15, 0.2) is 48.7 Å². The highest BCUT2D eigenvalue weighted by Crippen LogP contribution is 2.19. The van der Waals surface area contributed by atoms with Gasteiger partial charge in [0.15, 0.2) is 11.5 Å². The molecule has 1 aromatic carbocycles. The van der Waals surface area contributed by atoms with Crippen LogP contribution in [-0.2, 0) is 11.2 Å². The van der Waals surface area contributed by atoms with Crippen molar-refractivity contribution in [3.8, 4) is 5.75 Å². The average molecular weight is 370 g/mol. The number of amides is 1. The van der Waals surface area contributed by atoms with Crippen LogP contribution in [0.2, 0.25) is 0 Å². The van der Waals surface area contributed by atoms with Crippen molar-refractivity contribution in [3.05, 3.63) is 60.0 Å². The van der Waals surface area contributed by atoms with Gasteiger partial charge in [-0.2, -0.15) is 11.8 Å². The summed E-state index contributed by atoms with van der Waals surface area (Å²) in [5.41, 5.74) is 1.72. The number of fused-ring (bicyclic) bond motifs is 1. The number of aromatic nitrogens is 3. The number of benzene rings is 1. The van der Waals surface area contributed by atoms with Gasteiger partial charge in [-0.1, -0.05) is 18.2 Å². The van der Waals surface area contributed by atoms with E-state index in [2.05, 4.69) is 21.8 Å². The Bertz CT molecular complexity index is 863. The van der Waals surface area contributed by atoms with Crippen LogP contribution >= 0.6 is 11.8 Å². The number of nitrogens with zero attached hydrogens (tertiary/aromatic N) is 3. The molecular weight excluding hydrogens is 348 g/mol.